The number of nitrogen functional groups attached to an aromatic ring is 1. The first-order valence-corrected chi connectivity index (χ1v) is 8.07. The molecule has 1 heterocycles. The third-order valence-corrected chi connectivity index (χ3v) is 3.85. The first-order chi connectivity index (χ1) is 11.5. The number of nitrogens with zero attached hydrogens (tertiary/aromatic N) is 1. The molecule has 2 rings (SSSR count). The van der Waals surface area contributed by atoms with Crippen molar-refractivity contribution in [3.63, 3.8) is 0 Å². The number of allylic oxidation sites excluding steroid dienone is 3. The molecule has 0 aliphatic rings. The Morgan fingerprint density at radius 2 is 2.00 bits per heavy atom. The van der Waals surface area contributed by atoms with Crippen molar-refractivity contribution in [1.29, 1.82) is 0 Å². The molecule has 0 saturated heterocycles. The molecule has 0 fully saturated rings. The highest BCUT2D eigenvalue weighted by Crippen LogP contribution is 2.31. The summed E-state index contributed by atoms with van der Waals surface area (Å²) in [6.07, 6.45) is 7.69. The lowest BCUT2D eigenvalue weighted by Gasteiger charge is -2.13. The predicted octanol–water partition coefficient (Wildman–Crippen LogP) is 4.30. The van der Waals surface area contributed by atoms with Gasteiger partial charge in [-0.15, -0.1) is 0 Å². The standard InChI is InChI=1S/C20H25N3O/c1-5-6-7-18(22-4)16-10-14(8-9-17(16)21)15-11-19(24)20(13(2)3)23-12-15/h5-13,22,24H,21H2,1-4H3/b6-5-,18-7+. The molecule has 2 aromatic rings. The van der Waals surface area contributed by atoms with Gasteiger partial charge < -0.3 is 16.2 Å². The average molecular weight is 323 g/mol. The molecule has 0 atom stereocenters. The van der Waals surface area contributed by atoms with Crippen LogP contribution in [0, 0.1) is 0 Å². The molecule has 0 saturated carbocycles. The number of rotatable bonds is 5. The van der Waals surface area contributed by atoms with Gasteiger partial charge >= 0.3 is 0 Å². The Balaban J connectivity index is 2.50. The molecule has 0 spiro atoms. The maximum atomic E-state index is 10.2. The minimum atomic E-state index is 0.181. The summed E-state index contributed by atoms with van der Waals surface area (Å²) >= 11 is 0. The summed E-state index contributed by atoms with van der Waals surface area (Å²) in [5.41, 5.74) is 11.2. The number of hydrogen-bond acceptors (Lipinski definition) is 4. The second-order valence-corrected chi connectivity index (χ2v) is 5.94. The Kier molecular flexibility index (Phi) is 5.64. The van der Waals surface area contributed by atoms with E-state index in [9.17, 15) is 5.11 Å². The molecule has 126 valence electrons. The third-order valence-electron chi connectivity index (χ3n) is 3.85. The zero-order chi connectivity index (χ0) is 17.7. The fourth-order valence-corrected chi connectivity index (χ4v) is 2.54. The van der Waals surface area contributed by atoms with E-state index in [1.54, 1.807) is 12.3 Å². The minimum Gasteiger partial charge on any atom is -0.506 e. The maximum absolute atomic E-state index is 10.2. The highest BCUT2D eigenvalue weighted by molar-refractivity contribution is 5.80. The molecular formula is C20H25N3O. The van der Waals surface area contributed by atoms with Crippen molar-refractivity contribution in [3.05, 3.63) is 59.9 Å². The number of aromatic nitrogens is 1. The van der Waals surface area contributed by atoms with Crippen LogP contribution in [0.15, 0.2) is 48.7 Å². The van der Waals surface area contributed by atoms with Crippen LogP contribution in [0.25, 0.3) is 16.8 Å². The molecule has 0 radical (unpaired) electrons. The van der Waals surface area contributed by atoms with E-state index in [1.165, 1.54) is 0 Å². The van der Waals surface area contributed by atoms with E-state index in [-0.39, 0.29) is 11.7 Å². The van der Waals surface area contributed by atoms with Gasteiger partial charge in [0.15, 0.2) is 0 Å². The van der Waals surface area contributed by atoms with Crippen LogP contribution in [-0.2, 0) is 0 Å². The molecule has 0 amide bonds. The van der Waals surface area contributed by atoms with E-state index >= 15 is 0 Å². The van der Waals surface area contributed by atoms with Crippen molar-refractivity contribution in [3.8, 4) is 16.9 Å². The van der Waals surface area contributed by atoms with E-state index in [0.29, 0.717) is 11.4 Å². The van der Waals surface area contributed by atoms with Gasteiger partial charge in [0, 0.05) is 35.8 Å². The van der Waals surface area contributed by atoms with Crippen LogP contribution in [-0.4, -0.2) is 17.1 Å². The highest BCUT2D eigenvalue weighted by Gasteiger charge is 2.11. The second-order valence-electron chi connectivity index (χ2n) is 5.94. The molecular weight excluding hydrogens is 298 g/mol. The predicted molar refractivity (Wildman–Crippen MR) is 102 cm³/mol. The molecule has 0 bridgehead atoms. The number of hydrogen-bond donors (Lipinski definition) is 3. The molecule has 4 nitrogen and oxygen atoms in total. The summed E-state index contributed by atoms with van der Waals surface area (Å²) in [4.78, 5) is 4.40. The average Bonchev–Trinajstić information content (AvgIpc) is 2.56. The summed E-state index contributed by atoms with van der Waals surface area (Å²) in [6, 6.07) is 7.57. The normalized spacial score (nSPS) is 12.1. The maximum Gasteiger partial charge on any atom is 0.137 e. The van der Waals surface area contributed by atoms with Crippen molar-refractivity contribution < 1.29 is 5.11 Å². The SMILES string of the molecule is C/C=C\C=C(\NC)c1cc(-c2cnc(C(C)C)c(O)c2)ccc1N. The molecule has 24 heavy (non-hydrogen) atoms. The van der Waals surface area contributed by atoms with E-state index in [2.05, 4.69) is 10.3 Å². The zero-order valence-electron chi connectivity index (χ0n) is 14.7. The number of aromatic hydroxyl groups is 1. The summed E-state index contributed by atoms with van der Waals surface area (Å²) in [7, 11) is 1.87. The van der Waals surface area contributed by atoms with Gasteiger partial charge in [0.05, 0.1) is 5.69 Å². The van der Waals surface area contributed by atoms with Gasteiger partial charge in [0.2, 0.25) is 0 Å². The van der Waals surface area contributed by atoms with Crippen molar-refractivity contribution in [2.24, 2.45) is 0 Å². The fourth-order valence-electron chi connectivity index (χ4n) is 2.54. The molecule has 0 aliphatic carbocycles. The zero-order valence-corrected chi connectivity index (χ0v) is 14.7. The van der Waals surface area contributed by atoms with Crippen LogP contribution in [0.3, 0.4) is 0 Å². The Bertz CT molecular complexity index is 776. The number of nitrogens with two attached hydrogens (primary N) is 1. The topological polar surface area (TPSA) is 71.2 Å². The monoisotopic (exact) mass is 323 g/mol. The van der Waals surface area contributed by atoms with Gasteiger partial charge in [-0.3, -0.25) is 4.98 Å². The number of pyridine rings is 1. The van der Waals surface area contributed by atoms with Gasteiger partial charge in [-0.1, -0.05) is 32.1 Å². The summed E-state index contributed by atoms with van der Waals surface area (Å²) in [6.45, 7) is 5.98. The van der Waals surface area contributed by atoms with Crippen LogP contribution in [0.4, 0.5) is 5.69 Å². The van der Waals surface area contributed by atoms with Gasteiger partial charge in [0.25, 0.3) is 0 Å². The largest absolute Gasteiger partial charge is 0.506 e. The Hall–Kier alpha value is -2.75. The van der Waals surface area contributed by atoms with Gasteiger partial charge in [-0.2, -0.15) is 0 Å². The summed E-state index contributed by atoms with van der Waals surface area (Å²) in [5, 5.41) is 13.4. The van der Waals surface area contributed by atoms with Crippen molar-refractivity contribution >= 4 is 11.4 Å². The van der Waals surface area contributed by atoms with Crippen molar-refractivity contribution in [2.75, 3.05) is 12.8 Å². The van der Waals surface area contributed by atoms with E-state index < -0.39 is 0 Å². The molecule has 0 aliphatic heterocycles. The van der Waals surface area contributed by atoms with E-state index in [0.717, 1.165) is 22.4 Å². The molecule has 1 aromatic carbocycles. The lowest BCUT2D eigenvalue weighted by Crippen LogP contribution is -2.07. The van der Waals surface area contributed by atoms with Crippen LogP contribution in [0.1, 0.15) is 37.9 Å². The van der Waals surface area contributed by atoms with Gasteiger partial charge in [0.1, 0.15) is 5.75 Å². The summed E-state index contributed by atoms with van der Waals surface area (Å²) in [5.74, 6) is 0.403. The van der Waals surface area contributed by atoms with Crippen LogP contribution < -0.4 is 11.1 Å². The fraction of sp³-hybridized carbons (Fsp3) is 0.250. The smallest absolute Gasteiger partial charge is 0.137 e. The second kappa shape index (κ2) is 7.68. The first-order valence-electron chi connectivity index (χ1n) is 8.07. The van der Waals surface area contributed by atoms with Gasteiger partial charge in [-0.05, 0) is 42.7 Å². The quantitative estimate of drug-likeness (QED) is 0.567. The lowest BCUT2D eigenvalue weighted by atomic mass is 9.99. The molecule has 1 aromatic heterocycles. The van der Waals surface area contributed by atoms with E-state index in [1.807, 2.05) is 64.2 Å². The number of nitrogens with one attached hydrogen (secondary N) is 1. The highest BCUT2D eigenvalue weighted by atomic mass is 16.3. The Labute approximate surface area is 143 Å². The summed E-state index contributed by atoms with van der Waals surface area (Å²) < 4.78 is 0. The van der Waals surface area contributed by atoms with Crippen LogP contribution >= 0.6 is 0 Å². The number of benzene rings is 1. The Morgan fingerprint density at radius 1 is 1.25 bits per heavy atom. The third kappa shape index (κ3) is 3.77. The number of anilines is 1. The Morgan fingerprint density at radius 3 is 2.58 bits per heavy atom. The van der Waals surface area contributed by atoms with Crippen molar-refractivity contribution in [1.82, 2.24) is 10.3 Å². The van der Waals surface area contributed by atoms with Crippen LogP contribution in [0.2, 0.25) is 0 Å². The first kappa shape index (κ1) is 17.6. The van der Waals surface area contributed by atoms with Gasteiger partial charge in [-0.25, -0.2) is 0 Å². The lowest BCUT2D eigenvalue weighted by molar-refractivity contribution is 0.460. The minimum absolute atomic E-state index is 0.181. The molecule has 4 heteroatoms. The van der Waals surface area contributed by atoms with E-state index in [4.69, 9.17) is 5.73 Å². The molecule has 0 unspecified atom stereocenters. The molecule has 4 N–H and O–H groups in total. The van der Waals surface area contributed by atoms with Crippen LogP contribution in [0.5, 0.6) is 5.75 Å². The van der Waals surface area contributed by atoms with Crippen molar-refractivity contribution in [2.45, 2.75) is 26.7 Å².